The normalized spacial score (nSPS) is 10.3. The Kier molecular flexibility index (Phi) is 4.69. The summed E-state index contributed by atoms with van der Waals surface area (Å²) in [4.78, 5) is 24.1. The van der Waals surface area contributed by atoms with Crippen molar-refractivity contribution < 1.29 is 14.6 Å². The molecular formula is C14H14N4O5. The van der Waals surface area contributed by atoms with Crippen LogP contribution >= 0.6 is 0 Å². The molecule has 0 aliphatic carbocycles. The number of ether oxygens (including phenoxy) is 1. The van der Waals surface area contributed by atoms with Crippen LogP contribution in [0.2, 0.25) is 0 Å². The monoisotopic (exact) mass is 318 g/mol. The number of hydrogen-bond acceptors (Lipinski definition) is 7. The Hall–Kier alpha value is -3.23. The molecule has 9 nitrogen and oxygen atoms in total. The third-order valence-corrected chi connectivity index (χ3v) is 3.15. The van der Waals surface area contributed by atoms with Gasteiger partial charge in [-0.1, -0.05) is 12.1 Å². The second-order valence-electron chi connectivity index (χ2n) is 4.79. The van der Waals surface area contributed by atoms with Gasteiger partial charge in [0.1, 0.15) is 0 Å². The molecule has 2 N–H and O–H groups in total. The lowest BCUT2D eigenvalue weighted by Gasteiger charge is -2.09. The number of pyridine rings is 1. The molecule has 1 heterocycles. The fourth-order valence-electron chi connectivity index (χ4n) is 1.94. The van der Waals surface area contributed by atoms with Crippen LogP contribution in [0.4, 0.5) is 17.2 Å². The highest BCUT2D eigenvalue weighted by Gasteiger charge is 2.16. The Labute approximate surface area is 131 Å². The maximum atomic E-state index is 10.8. The molecule has 9 heteroatoms. The smallest absolute Gasteiger partial charge is 0.311 e. The number of nitrogens with zero attached hydrogens (tertiary/aromatic N) is 3. The van der Waals surface area contributed by atoms with Crippen molar-refractivity contribution >= 4 is 17.2 Å². The predicted octanol–water partition coefficient (Wildman–Crippen LogP) is 2.41. The SMILES string of the molecule is Cc1cc([N+](=O)[O-])c(N)nc1OCCc1ccc([N+](=O)[O-])cc1. The van der Waals surface area contributed by atoms with Gasteiger partial charge in [-0.25, -0.2) is 0 Å². The highest BCUT2D eigenvalue weighted by Crippen LogP contribution is 2.26. The predicted molar refractivity (Wildman–Crippen MR) is 82.3 cm³/mol. The zero-order chi connectivity index (χ0) is 17.0. The molecule has 0 fully saturated rings. The van der Waals surface area contributed by atoms with E-state index in [4.69, 9.17) is 10.5 Å². The lowest BCUT2D eigenvalue weighted by molar-refractivity contribution is -0.384. The Morgan fingerprint density at radius 3 is 2.39 bits per heavy atom. The summed E-state index contributed by atoms with van der Waals surface area (Å²) in [7, 11) is 0. The standard InChI is InChI=1S/C14H14N4O5/c1-9-8-12(18(21)22)13(15)16-14(9)23-7-6-10-2-4-11(5-3-10)17(19)20/h2-5,8H,6-7H2,1H3,(H2,15,16). The number of nitro benzene ring substituents is 1. The molecule has 0 saturated heterocycles. The fourth-order valence-corrected chi connectivity index (χ4v) is 1.94. The Bertz CT molecular complexity index is 746. The largest absolute Gasteiger partial charge is 0.477 e. The summed E-state index contributed by atoms with van der Waals surface area (Å²) in [5.74, 6) is 0.0287. The second kappa shape index (κ2) is 6.69. The van der Waals surface area contributed by atoms with Crippen LogP contribution in [0, 0.1) is 27.2 Å². The average molecular weight is 318 g/mol. The molecule has 0 radical (unpaired) electrons. The molecule has 2 rings (SSSR count). The zero-order valence-corrected chi connectivity index (χ0v) is 12.3. The first-order chi connectivity index (χ1) is 10.9. The Morgan fingerprint density at radius 2 is 1.83 bits per heavy atom. The second-order valence-corrected chi connectivity index (χ2v) is 4.79. The van der Waals surface area contributed by atoms with Crippen LogP contribution in [0.3, 0.4) is 0 Å². The fraction of sp³-hybridized carbons (Fsp3) is 0.214. The van der Waals surface area contributed by atoms with E-state index >= 15 is 0 Å². The first-order valence-electron chi connectivity index (χ1n) is 6.66. The van der Waals surface area contributed by atoms with Crippen LogP contribution in [0.1, 0.15) is 11.1 Å². The van der Waals surface area contributed by atoms with Crippen molar-refractivity contribution in [3.63, 3.8) is 0 Å². The van der Waals surface area contributed by atoms with Gasteiger partial charge in [0.2, 0.25) is 11.7 Å². The van der Waals surface area contributed by atoms with Crippen molar-refractivity contribution in [2.75, 3.05) is 12.3 Å². The lowest BCUT2D eigenvalue weighted by Crippen LogP contribution is -2.07. The third-order valence-electron chi connectivity index (χ3n) is 3.15. The molecule has 2 aromatic rings. The Morgan fingerprint density at radius 1 is 1.17 bits per heavy atom. The number of nitrogen functional groups attached to an aromatic ring is 1. The van der Waals surface area contributed by atoms with Crippen LogP contribution in [0.15, 0.2) is 30.3 Å². The van der Waals surface area contributed by atoms with Crippen LogP contribution in [-0.4, -0.2) is 21.4 Å². The molecule has 0 bridgehead atoms. The zero-order valence-electron chi connectivity index (χ0n) is 12.3. The van der Waals surface area contributed by atoms with E-state index < -0.39 is 9.85 Å². The number of rotatable bonds is 6. The van der Waals surface area contributed by atoms with Gasteiger partial charge < -0.3 is 10.5 Å². The van der Waals surface area contributed by atoms with E-state index in [-0.39, 0.29) is 29.7 Å². The highest BCUT2D eigenvalue weighted by molar-refractivity contribution is 5.56. The van der Waals surface area contributed by atoms with E-state index in [1.165, 1.54) is 18.2 Å². The van der Waals surface area contributed by atoms with Gasteiger partial charge in [0.05, 0.1) is 16.5 Å². The van der Waals surface area contributed by atoms with Crippen molar-refractivity contribution in [1.82, 2.24) is 4.98 Å². The molecule has 0 aliphatic heterocycles. The molecule has 0 saturated carbocycles. The Balaban J connectivity index is 2.00. The van der Waals surface area contributed by atoms with Gasteiger partial charge >= 0.3 is 5.69 Å². The van der Waals surface area contributed by atoms with Gasteiger partial charge in [-0.3, -0.25) is 20.2 Å². The van der Waals surface area contributed by atoms with E-state index in [1.807, 2.05) is 0 Å². The molecule has 1 aromatic carbocycles. The van der Waals surface area contributed by atoms with Gasteiger partial charge in [0.15, 0.2) is 0 Å². The van der Waals surface area contributed by atoms with Crippen LogP contribution in [-0.2, 0) is 6.42 Å². The van der Waals surface area contributed by atoms with E-state index in [9.17, 15) is 20.2 Å². The van der Waals surface area contributed by atoms with Gasteiger partial charge in [-0.05, 0) is 12.5 Å². The number of hydrogen-bond donors (Lipinski definition) is 1. The van der Waals surface area contributed by atoms with Crippen molar-refractivity contribution in [2.24, 2.45) is 0 Å². The number of aromatic nitrogens is 1. The minimum atomic E-state index is -0.601. The van der Waals surface area contributed by atoms with E-state index in [2.05, 4.69) is 4.98 Å². The summed E-state index contributed by atoms with van der Waals surface area (Å²) in [5, 5.41) is 21.3. The maximum Gasteiger partial charge on any atom is 0.311 e. The summed E-state index contributed by atoms with van der Waals surface area (Å²) >= 11 is 0. The van der Waals surface area contributed by atoms with Crippen LogP contribution in [0.5, 0.6) is 5.88 Å². The maximum absolute atomic E-state index is 10.8. The minimum absolute atomic E-state index is 0.0234. The average Bonchev–Trinajstić information content (AvgIpc) is 2.50. The number of nitro groups is 2. The molecule has 0 atom stereocenters. The van der Waals surface area contributed by atoms with Gasteiger partial charge in [0.25, 0.3) is 5.69 Å². The van der Waals surface area contributed by atoms with Crippen molar-refractivity contribution in [2.45, 2.75) is 13.3 Å². The summed E-state index contributed by atoms with van der Waals surface area (Å²) in [5.41, 5.74) is 6.66. The van der Waals surface area contributed by atoms with Gasteiger partial charge in [-0.2, -0.15) is 4.98 Å². The number of anilines is 1. The lowest BCUT2D eigenvalue weighted by atomic mass is 10.1. The summed E-state index contributed by atoms with van der Waals surface area (Å²) < 4.78 is 5.49. The van der Waals surface area contributed by atoms with Crippen molar-refractivity contribution in [3.8, 4) is 5.88 Å². The molecule has 0 unspecified atom stereocenters. The quantitative estimate of drug-likeness (QED) is 0.638. The van der Waals surface area contributed by atoms with Crippen LogP contribution in [0.25, 0.3) is 0 Å². The molecule has 0 spiro atoms. The third kappa shape index (κ3) is 3.90. The first kappa shape index (κ1) is 16.1. The number of nitrogens with two attached hydrogens (primary N) is 1. The molecule has 120 valence electrons. The number of non-ortho nitro benzene ring substituents is 1. The van der Waals surface area contributed by atoms with E-state index in [0.717, 1.165) is 5.56 Å². The number of aryl methyl sites for hydroxylation is 1. The topological polar surface area (TPSA) is 134 Å². The van der Waals surface area contributed by atoms with E-state index in [0.29, 0.717) is 12.0 Å². The summed E-state index contributed by atoms with van der Waals surface area (Å²) in [6, 6.07) is 7.44. The molecular weight excluding hydrogens is 304 g/mol. The molecule has 1 aromatic heterocycles. The molecule has 23 heavy (non-hydrogen) atoms. The minimum Gasteiger partial charge on any atom is -0.477 e. The highest BCUT2D eigenvalue weighted by atomic mass is 16.6. The summed E-state index contributed by atoms with van der Waals surface area (Å²) in [6.45, 7) is 1.91. The molecule has 0 amide bonds. The van der Waals surface area contributed by atoms with Gasteiger partial charge in [-0.15, -0.1) is 0 Å². The first-order valence-corrected chi connectivity index (χ1v) is 6.66. The summed E-state index contributed by atoms with van der Waals surface area (Å²) in [6.07, 6.45) is 0.510. The van der Waals surface area contributed by atoms with Crippen molar-refractivity contribution in [3.05, 3.63) is 61.7 Å². The van der Waals surface area contributed by atoms with Gasteiger partial charge in [0, 0.05) is 30.2 Å². The van der Waals surface area contributed by atoms with Crippen molar-refractivity contribution in [1.29, 1.82) is 0 Å². The van der Waals surface area contributed by atoms with E-state index in [1.54, 1.807) is 19.1 Å². The number of benzene rings is 1. The van der Waals surface area contributed by atoms with Crippen LogP contribution < -0.4 is 10.5 Å². The molecule has 0 aliphatic rings.